The van der Waals surface area contributed by atoms with Gasteiger partial charge in [-0.05, 0) is 80.3 Å². The van der Waals surface area contributed by atoms with Gasteiger partial charge in [0, 0.05) is 16.7 Å². The van der Waals surface area contributed by atoms with Gasteiger partial charge in [-0.25, -0.2) is 0 Å². The Hall–Kier alpha value is -2.75. The molecule has 0 aromatic carbocycles. The van der Waals surface area contributed by atoms with Crippen molar-refractivity contribution in [1.82, 2.24) is 0 Å². The van der Waals surface area contributed by atoms with Crippen LogP contribution in [0.2, 0.25) is 0 Å². The average Bonchev–Trinajstić information content (AvgIpc) is 3.07. The number of rotatable bonds is 1. The summed E-state index contributed by atoms with van der Waals surface area (Å²) in [5.74, 6) is -2.24. The SMILES string of the molecule is COC(=O)[C@]1(C)C(=O)C(C#N)=C[C@]2(C)C3=CC(=O)[C@]45OC(=O)[C@@]6(CCC(C)(C)CC64)CC[C@@]5(C)[C@]3(C)CC[C@@H]12. The minimum absolute atomic E-state index is 0.00128. The van der Waals surface area contributed by atoms with Gasteiger partial charge in [-0.3, -0.25) is 19.2 Å². The second-order valence-electron chi connectivity index (χ2n) is 14.9. The molecule has 1 saturated heterocycles. The lowest BCUT2D eigenvalue weighted by atomic mass is 9.33. The summed E-state index contributed by atoms with van der Waals surface area (Å²) in [7, 11) is 1.26. The Bertz CT molecular complexity index is 1370. The van der Waals surface area contributed by atoms with Crippen molar-refractivity contribution in [3.05, 3.63) is 23.3 Å². The summed E-state index contributed by atoms with van der Waals surface area (Å²) < 4.78 is 11.6. The topological polar surface area (TPSA) is 111 Å². The van der Waals surface area contributed by atoms with Crippen molar-refractivity contribution in [2.24, 2.45) is 44.3 Å². The highest BCUT2D eigenvalue weighted by Gasteiger charge is 2.82. The van der Waals surface area contributed by atoms with Crippen LogP contribution in [-0.2, 0) is 28.7 Å². The summed E-state index contributed by atoms with van der Waals surface area (Å²) in [5.41, 5.74) is -4.76. The Labute approximate surface area is 230 Å². The number of carbonyl (C=O) groups excluding carboxylic acids is 4. The van der Waals surface area contributed by atoms with Gasteiger partial charge in [0.2, 0.25) is 0 Å². The molecule has 0 amide bonds. The van der Waals surface area contributed by atoms with Crippen LogP contribution in [0.1, 0.15) is 86.5 Å². The van der Waals surface area contributed by atoms with Crippen molar-refractivity contribution in [3.8, 4) is 6.07 Å². The minimum atomic E-state index is -1.54. The van der Waals surface area contributed by atoms with Crippen LogP contribution in [-0.4, -0.2) is 36.2 Å². The van der Waals surface area contributed by atoms with Crippen LogP contribution >= 0.6 is 0 Å². The molecule has 5 aliphatic carbocycles. The Balaban J connectivity index is 1.60. The number of hydrogen-bond acceptors (Lipinski definition) is 7. The van der Waals surface area contributed by atoms with Gasteiger partial charge < -0.3 is 9.47 Å². The van der Waals surface area contributed by atoms with E-state index in [0.29, 0.717) is 25.7 Å². The van der Waals surface area contributed by atoms with Crippen LogP contribution < -0.4 is 0 Å². The Morgan fingerprint density at radius 3 is 2.31 bits per heavy atom. The predicted octanol–water partition coefficient (Wildman–Crippen LogP) is 5.04. The molecule has 3 saturated carbocycles. The van der Waals surface area contributed by atoms with Crippen molar-refractivity contribution in [2.45, 2.75) is 92.1 Å². The predicted molar refractivity (Wildman–Crippen MR) is 141 cm³/mol. The van der Waals surface area contributed by atoms with Crippen LogP contribution in [0.4, 0.5) is 0 Å². The van der Waals surface area contributed by atoms with Gasteiger partial charge >= 0.3 is 11.9 Å². The van der Waals surface area contributed by atoms with E-state index in [1.165, 1.54) is 7.11 Å². The van der Waals surface area contributed by atoms with Crippen molar-refractivity contribution >= 4 is 23.5 Å². The van der Waals surface area contributed by atoms with E-state index in [1.807, 2.05) is 13.0 Å². The molecule has 1 aliphatic heterocycles. The van der Waals surface area contributed by atoms with Crippen LogP contribution in [0.5, 0.6) is 0 Å². The fourth-order valence-corrected chi connectivity index (χ4v) is 10.6. The smallest absolute Gasteiger partial charge is 0.319 e. The highest BCUT2D eigenvalue weighted by Crippen LogP contribution is 2.78. The molecule has 0 N–H and O–H groups in total. The molecule has 6 aliphatic rings. The van der Waals surface area contributed by atoms with Gasteiger partial charge in [0.1, 0.15) is 11.5 Å². The van der Waals surface area contributed by atoms with Crippen molar-refractivity contribution in [1.29, 1.82) is 5.26 Å². The summed E-state index contributed by atoms with van der Waals surface area (Å²) in [6.07, 6.45) is 8.34. The molecule has 0 radical (unpaired) electrons. The van der Waals surface area contributed by atoms with E-state index in [1.54, 1.807) is 19.1 Å². The summed E-state index contributed by atoms with van der Waals surface area (Å²) in [6, 6.07) is 2.03. The zero-order valence-electron chi connectivity index (χ0n) is 24.2. The number of ether oxygens (including phenoxy) is 2. The zero-order valence-corrected chi connectivity index (χ0v) is 24.2. The largest absolute Gasteiger partial charge is 0.468 e. The summed E-state index contributed by atoms with van der Waals surface area (Å²) in [6.45, 7) is 12.3. The van der Waals surface area contributed by atoms with Crippen LogP contribution in [0.3, 0.4) is 0 Å². The van der Waals surface area contributed by atoms with E-state index < -0.39 is 50.3 Å². The molecule has 7 nitrogen and oxygen atoms in total. The number of methoxy groups -OCH3 is 1. The number of Topliss-reactive ketones (excluding diaryl/α,β-unsaturated/α-hetero) is 1. The number of allylic oxidation sites excluding steroid dienone is 3. The second-order valence-corrected chi connectivity index (χ2v) is 14.9. The first kappa shape index (κ1) is 26.5. The molecule has 0 aromatic rings. The highest BCUT2D eigenvalue weighted by atomic mass is 16.6. The molecular formula is C32H39NO6. The van der Waals surface area contributed by atoms with E-state index in [4.69, 9.17) is 9.47 Å². The first-order valence-electron chi connectivity index (χ1n) is 14.3. The maximum absolute atomic E-state index is 14.6. The normalized spacial score (nSPS) is 49.2. The first-order valence-corrected chi connectivity index (χ1v) is 14.3. The Morgan fingerprint density at radius 1 is 1.00 bits per heavy atom. The van der Waals surface area contributed by atoms with E-state index in [2.05, 4.69) is 27.7 Å². The first-order chi connectivity index (χ1) is 18.0. The lowest BCUT2D eigenvalue weighted by molar-refractivity contribution is -0.207. The lowest BCUT2D eigenvalue weighted by Gasteiger charge is -2.68. The van der Waals surface area contributed by atoms with Gasteiger partial charge in [-0.15, -0.1) is 0 Å². The van der Waals surface area contributed by atoms with E-state index in [-0.39, 0.29) is 28.7 Å². The van der Waals surface area contributed by atoms with E-state index >= 15 is 0 Å². The molecule has 208 valence electrons. The number of nitrogens with zero attached hydrogens (tertiary/aromatic N) is 1. The second kappa shape index (κ2) is 7.30. The molecule has 4 fully saturated rings. The number of fused-ring (bicyclic) bond motifs is 4. The number of ketones is 2. The summed E-state index contributed by atoms with van der Waals surface area (Å²) in [4.78, 5) is 55.0. The lowest BCUT2D eigenvalue weighted by Crippen LogP contribution is -2.71. The summed E-state index contributed by atoms with van der Waals surface area (Å²) >= 11 is 0. The molecule has 6 rings (SSSR count). The third-order valence-electron chi connectivity index (χ3n) is 13.0. The van der Waals surface area contributed by atoms with Gasteiger partial charge in [0.05, 0.1) is 18.1 Å². The van der Waals surface area contributed by atoms with E-state index in [0.717, 1.165) is 24.8 Å². The molecule has 7 heteroatoms. The third kappa shape index (κ3) is 2.61. The van der Waals surface area contributed by atoms with Crippen molar-refractivity contribution < 1.29 is 28.7 Å². The molecular weight excluding hydrogens is 494 g/mol. The number of nitriles is 1. The number of carbonyl (C=O) groups is 4. The minimum Gasteiger partial charge on any atom is -0.468 e. The standard InChI is InChI=1S/C32H39NO6/c1-26(2)10-12-31-13-11-29(5)28(4)9-8-19-27(3,15-18(17-33)23(35)30(19,6)24(36)38-7)20(28)14-22(34)32(29,21(31)16-26)39-25(31)37/h14-15,19,21H,8-13,16H2,1-7H3/t19-,21?,27+,28-,29+,30+,31+,32-/m1/s1. The van der Waals surface area contributed by atoms with Crippen LogP contribution in [0, 0.1) is 55.7 Å². The Kier molecular flexibility index (Phi) is 4.96. The molecule has 1 unspecified atom stereocenters. The third-order valence-corrected chi connectivity index (χ3v) is 13.0. The molecule has 2 bridgehead atoms. The van der Waals surface area contributed by atoms with Crippen LogP contribution in [0.15, 0.2) is 23.3 Å². The molecule has 39 heavy (non-hydrogen) atoms. The fraction of sp³-hybridized carbons (Fsp3) is 0.719. The van der Waals surface area contributed by atoms with Crippen molar-refractivity contribution in [2.75, 3.05) is 7.11 Å². The van der Waals surface area contributed by atoms with E-state index in [9.17, 15) is 24.4 Å². The number of hydrogen-bond donors (Lipinski definition) is 0. The highest BCUT2D eigenvalue weighted by molar-refractivity contribution is 6.15. The monoisotopic (exact) mass is 533 g/mol. The fourth-order valence-electron chi connectivity index (χ4n) is 10.6. The van der Waals surface area contributed by atoms with Gasteiger partial charge in [-0.2, -0.15) is 5.26 Å². The van der Waals surface area contributed by atoms with Crippen molar-refractivity contribution in [3.63, 3.8) is 0 Å². The molecule has 1 spiro atoms. The van der Waals surface area contributed by atoms with Gasteiger partial charge in [-0.1, -0.05) is 40.7 Å². The number of esters is 2. The Morgan fingerprint density at radius 2 is 1.67 bits per heavy atom. The average molecular weight is 534 g/mol. The molecule has 0 aromatic heterocycles. The maximum Gasteiger partial charge on any atom is 0.319 e. The molecule has 8 atom stereocenters. The zero-order chi connectivity index (χ0) is 28.6. The van der Waals surface area contributed by atoms with Gasteiger partial charge in [0.25, 0.3) is 0 Å². The maximum atomic E-state index is 14.6. The quantitative estimate of drug-likeness (QED) is 0.343. The van der Waals surface area contributed by atoms with Crippen LogP contribution in [0.25, 0.3) is 0 Å². The summed E-state index contributed by atoms with van der Waals surface area (Å²) in [5, 5.41) is 9.96. The molecule has 1 heterocycles. The van der Waals surface area contributed by atoms with Gasteiger partial charge in [0.15, 0.2) is 17.2 Å².